The van der Waals surface area contributed by atoms with Gasteiger partial charge in [-0.2, -0.15) is 5.06 Å². The number of piperidine rings is 1. The van der Waals surface area contributed by atoms with E-state index in [1.54, 1.807) is 19.2 Å². The fourth-order valence-electron chi connectivity index (χ4n) is 5.15. The first-order chi connectivity index (χ1) is 15.2. The average molecular weight is 460 g/mol. The molecule has 1 aliphatic rings. The predicted molar refractivity (Wildman–Crippen MR) is 131 cm³/mol. The molecule has 2 atom stereocenters. The summed E-state index contributed by atoms with van der Waals surface area (Å²) in [5.41, 5.74) is 1.48. The highest BCUT2D eigenvalue weighted by atomic mass is 16.7. The number of rotatable bonds is 8. The van der Waals surface area contributed by atoms with E-state index in [0.717, 1.165) is 24.0 Å². The van der Waals surface area contributed by atoms with Crippen LogP contribution in [0, 0.1) is 5.92 Å². The van der Waals surface area contributed by atoms with Crippen molar-refractivity contribution in [3.63, 3.8) is 0 Å². The van der Waals surface area contributed by atoms with Gasteiger partial charge in [-0.1, -0.05) is 23.8 Å². The number of nitrogens with zero attached hydrogens (tertiary/aromatic N) is 1. The molecule has 0 spiro atoms. The summed E-state index contributed by atoms with van der Waals surface area (Å²) in [7, 11) is 1.70. The molecule has 1 fully saturated rings. The lowest BCUT2D eigenvalue weighted by molar-refractivity contribution is -0.267. The maximum atomic E-state index is 13.1. The Morgan fingerprint density at radius 3 is 2.18 bits per heavy atom. The Balaban J connectivity index is 2.10. The molecule has 7 heteroatoms. The molecule has 0 aliphatic carbocycles. The summed E-state index contributed by atoms with van der Waals surface area (Å²) in [6.07, 6.45) is 4.12. The molecule has 1 saturated heterocycles. The molecule has 184 valence electrons. The van der Waals surface area contributed by atoms with E-state index in [9.17, 15) is 14.7 Å². The molecule has 0 aromatic heterocycles. The Hall–Kier alpha value is -2.38. The number of benzene rings is 1. The number of hydrogen-bond donors (Lipinski definition) is 3. The molecule has 1 aromatic rings. The smallest absolute Gasteiger partial charge is 0.227 e. The number of nitrogens with one attached hydrogen (secondary N) is 2. The minimum atomic E-state index is -0.326. The summed E-state index contributed by atoms with van der Waals surface area (Å²) in [5, 5.41) is 17.7. The third-order valence-corrected chi connectivity index (χ3v) is 6.44. The second-order valence-corrected chi connectivity index (χ2v) is 10.5. The van der Waals surface area contributed by atoms with Crippen LogP contribution in [-0.2, 0) is 20.8 Å². The first-order valence-electron chi connectivity index (χ1n) is 11.6. The number of aromatic hydroxyl groups is 1. The van der Waals surface area contributed by atoms with Crippen molar-refractivity contribution in [2.45, 2.75) is 90.9 Å². The fourth-order valence-corrected chi connectivity index (χ4v) is 5.15. The number of phenols is 1. The highest BCUT2D eigenvalue weighted by Gasteiger charge is 2.46. The Morgan fingerprint density at radius 2 is 1.70 bits per heavy atom. The van der Waals surface area contributed by atoms with Crippen molar-refractivity contribution in [1.29, 1.82) is 0 Å². The Morgan fingerprint density at radius 1 is 1.15 bits per heavy atom. The van der Waals surface area contributed by atoms with Gasteiger partial charge in [0.05, 0.1) is 19.1 Å². The molecule has 0 bridgehead atoms. The van der Waals surface area contributed by atoms with Crippen LogP contribution in [0.5, 0.6) is 5.75 Å². The van der Waals surface area contributed by atoms with Crippen LogP contribution in [0.15, 0.2) is 35.9 Å². The number of hydroxylamine groups is 2. The SMILES string of the molecule is CON1C(C)(C)CC(NC(=O)[C@@H](C)/C(C)=C/[C@H](Cc2ccc(O)cc2)NC(C)=O)CC1(C)C. The summed E-state index contributed by atoms with van der Waals surface area (Å²) in [5.74, 6) is -0.269. The molecule has 2 amide bonds. The maximum absolute atomic E-state index is 13.1. The zero-order valence-electron chi connectivity index (χ0n) is 21.4. The van der Waals surface area contributed by atoms with Gasteiger partial charge in [0, 0.05) is 24.0 Å². The van der Waals surface area contributed by atoms with Crippen molar-refractivity contribution in [2.75, 3.05) is 7.11 Å². The van der Waals surface area contributed by atoms with Crippen molar-refractivity contribution < 1.29 is 19.5 Å². The molecule has 0 radical (unpaired) electrons. The second kappa shape index (κ2) is 10.7. The van der Waals surface area contributed by atoms with Crippen LogP contribution in [0.1, 0.15) is 66.9 Å². The van der Waals surface area contributed by atoms with E-state index in [4.69, 9.17) is 4.84 Å². The Labute approximate surface area is 198 Å². The first-order valence-corrected chi connectivity index (χ1v) is 11.6. The monoisotopic (exact) mass is 459 g/mol. The molecule has 1 aromatic carbocycles. The van der Waals surface area contributed by atoms with E-state index in [-0.39, 0.29) is 46.6 Å². The van der Waals surface area contributed by atoms with Gasteiger partial charge < -0.3 is 20.6 Å². The zero-order chi connectivity index (χ0) is 25.0. The maximum Gasteiger partial charge on any atom is 0.227 e. The summed E-state index contributed by atoms with van der Waals surface area (Å²) >= 11 is 0. The lowest BCUT2D eigenvalue weighted by Crippen LogP contribution is -2.63. The number of carbonyl (C=O) groups is 2. The van der Waals surface area contributed by atoms with Gasteiger partial charge in [0.25, 0.3) is 0 Å². The van der Waals surface area contributed by atoms with Crippen LogP contribution in [0.25, 0.3) is 0 Å². The molecular formula is C26H41N3O4. The molecule has 1 aliphatic heterocycles. The number of amides is 2. The summed E-state index contributed by atoms with van der Waals surface area (Å²) in [6, 6.07) is 6.73. The van der Waals surface area contributed by atoms with Crippen molar-refractivity contribution in [3.8, 4) is 5.75 Å². The van der Waals surface area contributed by atoms with Gasteiger partial charge >= 0.3 is 0 Å². The predicted octanol–water partition coefficient (Wildman–Crippen LogP) is 3.72. The normalized spacial score (nSPS) is 20.7. The van der Waals surface area contributed by atoms with Crippen LogP contribution in [0.3, 0.4) is 0 Å². The van der Waals surface area contributed by atoms with Crippen LogP contribution < -0.4 is 10.6 Å². The lowest BCUT2D eigenvalue weighted by atomic mass is 9.78. The van der Waals surface area contributed by atoms with Crippen LogP contribution >= 0.6 is 0 Å². The first kappa shape index (κ1) is 26.9. The third kappa shape index (κ3) is 7.30. The summed E-state index contributed by atoms with van der Waals surface area (Å²) < 4.78 is 0. The quantitative estimate of drug-likeness (QED) is 0.516. The van der Waals surface area contributed by atoms with Crippen molar-refractivity contribution >= 4 is 11.8 Å². The molecule has 0 saturated carbocycles. The fraction of sp³-hybridized carbons (Fsp3) is 0.615. The zero-order valence-corrected chi connectivity index (χ0v) is 21.4. The molecule has 2 rings (SSSR count). The number of carbonyl (C=O) groups excluding carboxylic acids is 2. The van der Waals surface area contributed by atoms with Gasteiger partial charge in [-0.25, -0.2) is 0 Å². The van der Waals surface area contributed by atoms with E-state index < -0.39 is 0 Å². The molecule has 3 N–H and O–H groups in total. The van der Waals surface area contributed by atoms with Gasteiger partial charge in [0.2, 0.25) is 11.8 Å². The molecule has 1 heterocycles. The van der Waals surface area contributed by atoms with Gasteiger partial charge in [-0.15, -0.1) is 0 Å². The molecular weight excluding hydrogens is 418 g/mol. The number of hydrogen-bond acceptors (Lipinski definition) is 5. The molecule has 33 heavy (non-hydrogen) atoms. The summed E-state index contributed by atoms with van der Waals surface area (Å²) in [4.78, 5) is 30.5. The highest BCUT2D eigenvalue weighted by molar-refractivity contribution is 5.81. The van der Waals surface area contributed by atoms with Crippen LogP contribution in [0.2, 0.25) is 0 Å². The Bertz CT molecular complexity index is 843. The van der Waals surface area contributed by atoms with Crippen molar-refractivity contribution in [3.05, 3.63) is 41.5 Å². The van der Waals surface area contributed by atoms with Gasteiger partial charge in [0.1, 0.15) is 5.75 Å². The van der Waals surface area contributed by atoms with Gasteiger partial charge in [-0.3, -0.25) is 9.59 Å². The molecule has 0 unspecified atom stereocenters. The standard InChI is InChI=1S/C26H41N3O4/c1-17(13-21(27-19(3)30)14-20-9-11-23(31)12-10-20)18(2)24(32)28-22-15-25(4,5)29(33-8)26(6,7)16-22/h9-13,18,21-22,31H,14-16H2,1-8H3,(H,27,30)(H,28,32)/b17-13+/t18-,21+/m0/s1. The Kier molecular flexibility index (Phi) is 8.71. The highest BCUT2D eigenvalue weighted by Crippen LogP contribution is 2.38. The van der Waals surface area contributed by atoms with Gasteiger partial charge in [-0.05, 0) is 78.5 Å². The van der Waals surface area contributed by atoms with E-state index in [1.807, 2.05) is 37.1 Å². The average Bonchev–Trinajstić information content (AvgIpc) is 2.66. The third-order valence-electron chi connectivity index (χ3n) is 6.44. The number of phenolic OH excluding ortho intramolecular Hbond substituents is 1. The topological polar surface area (TPSA) is 90.9 Å². The lowest BCUT2D eigenvalue weighted by Gasteiger charge is -2.53. The minimum absolute atomic E-state index is 0.0163. The van der Waals surface area contributed by atoms with E-state index >= 15 is 0 Å². The minimum Gasteiger partial charge on any atom is -0.508 e. The van der Waals surface area contributed by atoms with Crippen LogP contribution in [0.4, 0.5) is 0 Å². The summed E-state index contributed by atoms with van der Waals surface area (Å²) in [6.45, 7) is 13.8. The second-order valence-electron chi connectivity index (χ2n) is 10.5. The largest absolute Gasteiger partial charge is 0.508 e. The van der Waals surface area contributed by atoms with Crippen molar-refractivity contribution in [1.82, 2.24) is 15.7 Å². The van der Waals surface area contributed by atoms with E-state index in [0.29, 0.717) is 6.42 Å². The van der Waals surface area contributed by atoms with E-state index in [2.05, 4.69) is 38.3 Å². The van der Waals surface area contributed by atoms with Crippen molar-refractivity contribution in [2.24, 2.45) is 5.92 Å². The molecule has 7 nitrogen and oxygen atoms in total. The van der Waals surface area contributed by atoms with Crippen LogP contribution in [-0.4, -0.2) is 52.3 Å². The van der Waals surface area contributed by atoms with Gasteiger partial charge in [0.15, 0.2) is 0 Å². The van der Waals surface area contributed by atoms with E-state index in [1.165, 1.54) is 6.92 Å².